The Labute approximate surface area is 157 Å². The summed E-state index contributed by atoms with van der Waals surface area (Å²) in [5, 5.41) is 5.45. The number of hydrogen-bond donors (Lipinski definition) is 0. The Morgan fingerprint density at radius 1 is 0.963 bits per heavy atom. The van der Waals surface area contributed by atoms with Crippen LogP contribution in [0.5, 0.6) is 0 Å². The van der Waals surface area contributed by atoms with Gasteiger partial charge in [-0.1, -0.05) is 48.5 Å². The second kappa shape index (κ2) is 6.96. The third-order valence-electron chi connectivity index (χ3n) is 5.19. The first-order chi connectivity index (χ1) is 13.1. The summed E-state index contributed by atoms with van der Waals surface area (Å²) in [5.41, 5.74) is 1.24. The minimum Gasteiger partial charge on any atom is -0.328 e. The summed E-state index contributed by atoms with van der Waals surface area (Å²) in [4.78, 5) is 30.0. The van der Waals surface area contributed by atoms with E-state index in [1.165, 1.54) is 4.68 Å². The van der Waals surface area contributed by atoms with Gasteiger partial charge in [-0.15, -0.1) is 0 Å². The summed E-state index contributed by atoms with van der Waals surface area (Å²) < 4.78 is 1.25. The number of hydrogen-bond acceptors (Lipinski definition) is 4. The van der Waals surface area contributed by atoms with Gasteiger partial charge in [0.2, 0.25) is 0 Å². The van der Waals surface area contributed by atoms with Crippen molar-refractivity contribution in [2.24, 2.45) is 7.05 Å². The minimum absolute atomic E-state index is 0.0461. The highest BCUT2D eigenvalue weighted by Gasteiger charge is 2.32. The highest BCUT2D eigenvalue weighted by atomic mass is 16.2. The van der Waals surface area contributed by atoms with E-state index in [4.69, 9.17) is 0 Å². The van der Waals surface area contributed by atoms with Gasteiger partial charge in [-0.05, 0) is 18.7 Å². The molecule has 1 aliphatic rings. The molecule has 1 aliphatic heterocycles. The number of likely N-dealkylation sites (N-methyl/N-ethyl adjacent to an activating group) is 1. The Morgan fingerprint density at radius 3 is 2.37 bits per heavy atom. The van der Waals surface area contributed by atoms with E-state index in [0.29, 0.717) is 23.0 Å². The predicted octanol–water partition coefficient (Wildman–Crippen LogP) is 2.06. The van der Waals surface area contributed by atoms with Gasteiger partial charge in [-0.3, -0.25) is 9.59 Å². The first-order valence-corrected chi connectivity index (χ1v) is 9.07. The lowest BCUT2D eigenvalue weighted by atomic mass is 10.0. The standard InChI is InChI=1S/C21H22N4O2/c1-23-12-13-25(18(14-23)15-8-4-3-5-9-15)21(27)19-16-10-6-7-11-17(16)20(26)24(2)22-19/h3-11,18H,12-14H2,1-2H3/t18-/m0/s1. The second-order valence-electron chi connectivity index (χ2n) is 7.01. The van der Waals surface area contributed by atoms with Gasteiger partial charge >= 0.3 is 0 Å². The van der Waals surface area contributed by atoms with Crippen LogP contribution >= 0.6 is 0 Å². The van der Waals surface area contributed by atoms with Crippen LogP contribution in [-0.2, 0) is 7.05 Å². The zero-order valence-electron chi connectivity index (χ0n) is 15.5. The number of aromatic nitrogens is 2. The number of aryl methyl sites for hydroxylation is 1. The average Bonchev–Trinajstić information content (AvgIpc) is 2.71. The van der Waals surface area contributed by atoms with Gasteiger partial charge in [0, 0.05) is 32.1 Å². The highest BCUT2D eigenvalue weighted by Crippen LogP contribution is 2.27. The molecule has 6 nitrogen and oxygen atoms in total. The number of piperazine rings is 1. The van der Waals surface area contributed by atoms with Crippen molar-refractivity contribution in [1.29, 1.82) is 0 Å². The van der Waals surface area contributed by atoms with E-state index < -0.39 is 0 Å². The maximum Gasteiger partial charge on any atom is 0.275 e. The first-order valence-electron chi connectivity index (χ1n) is 9.07. The van der Waals surface area contributed by atoms with E-state index in [9.17, 15) is 9.59 Å². The molecule has 138 valence electrons. The van der Waals surface area contributed by atoms with Gasteiger partial charge in [-0.2, -0.15) is 5.10 Å². The molecule has 4 rings (SSSR count). The molecule has 0 radical (unpaired) electrons. The van der Waals surface area contributed by atoms with Crippen LogP contribution in [0.4, 0.5) is 0 Å². The number of nitrogens with zero attached hydrogens (tertiary/aromatic N) is 4. The molecule has 0 N–H and O–H groups in total. The highest BCUT2D eigenvalue weighted by molar-refractivity contribution is 6.05. The van der Waals surface area contributed by atoms with E-state index >= 15 is 0 Å². The number of amides is 1. The van der Waals surface area contributed by atoms with Crippen molar-refractivity contribution in [2.75, 3.05) is 26.7 Å². The van der Waals surface area contributed by atoms with E-state index in [0.717, 1.165) is 18.7 Å². The zero-order valence-corrected chi connectivity index (χ0v) is 15.5. The number of rotatable bonds is 2. The molecule has 1 saturated heterocycles. The molecule has 0 unspecified atom stereocenters. The van der Waals surface area contributed by atoms with Gasteiger partial charge in [0.05, 0.1) is 11.4 Å². The molecule has 3 aromatic rings. The predicted molar refractivity (Wildman–Crippen MR) is 105 cm³/mol. The molecule has 6 heteroatoms. The topological polar surface area (TPSA) is 58.4 Å². The monoisotopic (exact) mass is 362 g/mol. The van der Waals surface area contributed by atoms with Crippen molar-refractivity contribution in [3.63, 3.8) is 0 Å². The van der Waals surface area contributed by atoms with Crippen LogP contribution in [0.1, 0.15) is 22.1 Å². The minimum atomic E-state index is -0.194. The van der Waals surface area contributed by atoms with E-state index in [1.807, 2.05) is 29.2 Å². The number of fused-ring (bicyclic) bond motifs is 1. The lowest BCUT2D eigenvalue weighted by Gasteiger charge is -2.40. The Bertz CT molecular complexity index is 1040. The van der Waals surface area contributed by atoms with Crippen LogP contribution in [0.25, 0.3) is 10.8 Å². The van der Waals surface area contributed by atoms with E-state index in [-0.39, 0.29) is 17.5 Å². The molecule has 0 bridgehead atoms. The van der Waals surface area contributed by atoms with Crippen LogP contribution in [0.2, 0.25) is 0 Å². The number of carbonyl (C=O) groups excluding carboxylic acids is 1. The molecule has 0 spiro atoms. The van der Waals surface area contributed by atoms with Gasteiger partial charge < -0.3 is 9.80 Å². The molecule has 27 heavy (non-hydrogen) atoms. The van der Waals surface area contributed by atoms with Gasteiger partial charge in [0.15, 0.2) is 5.69 Å². The third kappa shape index (κ3) is 3.13. The Morgan fingerprint density at radius 2 is 1.63 bits per heavy atom. The number of benzene rings is 2. The largest absolute Gasteiger partial charge is 0.328 e. The molecule has 2 aromatic carbocycles. The molecule has 1 amide bonds. The maximum atomic E-state index is 13.5. The summed E-state index contributed by atoms with van der Waals surface area (Å²) >= 11 is 0. The lowest BCUT2D eigenvalue weighted by Crippen LogP contribution is -2.49. The van der Waals surface area contributed by atoms with Crippen molar-refractivity contribution < 1.29 is 4.79 Å². The number of carbonyl (C=O) groups is 1. The van der Waals surface area contributed by atoms with Crippen LogP contribution in [-0.4, -0.2) is 52.2 Å². The van der Waals surface area contributed by atoms with E-state index in [1.54, 1.807) is 25.2 Å². The average molecular weight is 362 g/mol. The van der Waals surface area contributed by atoms with Crippen molar-refractivity contribution in [2.45, 2.75) is 6.04 Å². The summed E-state index contributed by atoms with van der Waals surface area (Å²) in [6.07, 6.45) is 0. The smallest absolute Gasteiger partial charge is 0.275 e. The van der Waals surface area contributed by atoms with Crippen LogP contribution in [0, 0.1) is 0 Å². The molecule has 2 heterocycles. The van der Waals surface area contributed by atoms with Gasteiger partial charge in [-0.25, -0.2) is 4.68 Å². The molecule has 1 fully saturated rings. The lowest BCUT2D eigenvalue weighted by molar-refractivity contribution is 0.0492. The van der Waals surface area contributed by atoms with Gasteiger partial charge in [0.1, 0.15) is 0 Å². The van der Waals surface area contributed by atoms with Crippen LogP contribution < -0.4 is 5.56 Å². The Kier molecular flexibility index (Phi) is 4.49. The quantitative estimate of drug-likeness (QED) is 0.700. The normalized spacial score (nSPS) is 18.0. The molecule has 0 saturated carbocycles. The molecule has 1 atom stereocenters. The summed E-state index contributed by atoms with van der Waals surface area (Å²) in [5.74, 6) is -0.135. The Hall–Kier alpha value is -2.99. The van der Waals surface area contributed by atoms with Crippen molar-refractivity contribution in [3.8, 4) is 0 Å². The molecular formula is C21H22N4O2. The van der Waals surface area contributed by atoms with Crippen LogP contribution in [0.3, 0.4) is 0 Å². The van der Waals surface area contributed by atoms with E-state index in [2.05, 4.69) is 29.2 Å². The zero-order chi connectivity index (χ0) is 19.0. The fraction of sp³-hybridized carbons (Fsp3) is 0.286. The fourth-order valence-corrected chi connectivity index (χ4v) is 3.72. The summed E-state index contributed by atoms with van der Waals surface area (Å²) in [7, 11) is 3.65. The molecular weight excluding hydrogens is 340 g/mol. The summed E-state index contributed by atoms with van der Waals surface area (Å²) in [6, 6.07) is 17.2. The van der Waals surface area contributed by atoms with Crippen LogP contribution in [0.15, 0.2) is 59.4 Å². The van der Waals surface area contributed by atoms with Gasteiger partial charge in [0.25, 0.3) is 11.5 Å². The first kappa shape index (κ1) is 17.4. The third-order valence-corrected chi connectivity index (χ3v) is 5.19. The summed E-state index contributed by atoms with van der Waals surface area (Å²) in [6.45, 7) is 2.19. The molecule has 0 aliphatic carbocycles. The van der Waals surface area contributed by atoms with Crippen molar-refractivity contribution >= 4 is 16.7 Å². The SMILES string of the molecule is CN1CCN(C(=O)c2nn(C)c(=O)c3ccccc23)[C@H](c2ccccc2)C1. The molecule has 1 aromatic heterocycles. The van der Waals surface area contributed by atoms with Crippen molar-refractivity contribution in [3.05, 3.63) is 76.2 Å². The second-order valence-corrected chi connectivity index (χ2v) is 7.01. The maximum absolute atomic E-state index is 13.5. The fourth-order valence-electron chi connectivity index (χ4n) is 3.72. The Balaban J connectivity index is 1.81. The van der Waals surface area contributed by atoms with Crippen molar-refractivity contribution in [1.82, 2.24) is 19.6 Å².